The Labute approximate surface area is 113 Å². The van der Waals surface area contributed by atoms with Gasteiger partial charge >= 0.3 is 5.97 Å². The van der Waals surface area contributed by atoms with E-state index >= 15 is 0 Å². The van der Waals surface area contributed by atoms with Crippen LogP contribution in [0.2, 0.25) is 0 Å². The number of rotatable bonds is 5. The van der Waals surface area contributed by atoms with Crippen molar-refractivity contribution in [2.24, 2.45) is 5.41 Å². The number of carbonyl (C=O) groups excluding carboxylic acids is 1. The quantitative estimate of drug-likeness (QED) is 0.765. The van der Waals surface area contributed by atoms with E-state index in [1.165, 1.54) is 0 Å². The van der Waals surface area contributed by atoms with Gasteiger partial charge in [0, 0.05) is 13.1 Å². The Kier molecular flexibility index (Phi) is 4.24. The smallest absolute Gasteiger partial charge is 0.306 e. The Morgan fingerprint density at radius 1 is 1.47 bits per heavy atom. The first kappa shape index (κ1) is 14.1. The van der Waals surface area contributed by atoms with Crippen LogP contribution in [-0.4, -0.2) is 47.7 Å². The lowest BCUT2D eigenvalue weighted by molar-refractivity contribution is -0.158. The molecule has 2 fully saturated rings. The molecule has 2 aliphatic rings. The standard InChI is InChI=1S/C14H21NO4/c1-2-4-14(5-3-6-14)13(18)15-7-8-19-11(10-15)9-12(16)17/h2,11H,1,3-10H2,(H,16,17). The average molecular weight is 267 g/mol. The van der Waals surface area contributed by atoms with Crippen LogP contribution in [0.25, 0.3) is 0 Å². The molecule has 1 aliphatic carbocycles. The third kappa shape index (κ3) is 2.97. The van der Waals surface area contributed by atoms with Crippen molar-refractivity contribution in [1.29, 1.82) is 0 Å². The number of morpholine rings is 1. The van der Waals surface area contributed by atoms with Gasteiger partial charge in [0.05, 0.1) is 24.5 Å². The van der Waals surface area contributed by atoms with Crippen LogP contribution < -0.4 is 0 Å². The second kappa shape index (κ2) is 5.74. The van der Waals surface area contributed by atoms with Gasteiger partial charge in [-0.15, -0.1) is 6.58 Å². The fourth-order valence-corrected chi connectivity index (χ4v) is 2.94. The summed E-state index contributed by atoms with van der Waals surface area (Å²) in [5.41, 5.74) is -0.271. The minimum absolute atomic E-state index is 0.0434. The molecule has 1 heterocycles. The topological polar surface area (TPSA) is 66.8 Å². The zero-order valence-corrected chi connectivity index (χ0v) is 11.1. The number of carboxylic acid groups (broad SMARTS) is 1. The third-order valence-corrected chi connectivity index (χ3v) is 4.13. The molecule has 1 N–H and O–H groups in total. The molecule has 5 heteroatoms. The molecule has 1 saturated carbocycles. The molecule has 106 valence electrons. The number of hydrogen-bond acceptors (Lipinski definition) is 3. The van der Waals surface area contributed by atoms with Gasteiger partial charge in [0.1, 0.15) is 0 Å². The van der Waals surface area contributed by atoms with Crippen LogP contribution in [0, 0.1) is 5.41 Å². The first-order valence-corrected chi connectivity index (χ1v) is 6.81. The van der Waals surface area contributed by atoms with Crippen molar-refractivity contribution in [3.05, 3.63) is 12.7 Å². The highest BCUT2D eigenvalue weighted by Crippen LogP contribution is 2.45. The number of aliphatic carboxylic acids is 1. The lowest BCUT2D eigenvalue weighted by Crippen LogP contribution is -2.53. The SMILES string of the molecule is C=CCC1(C(=O)N2CCOC(CC(=O)O)C2)CCC1. The van der Waals surface area contributed by atoms with Crippen LogP contribution in [0.1, 0.15) is 32.1 Å². The lowest BCUT2D eigenvalue weighted by Gasteiger charge is -2.45. The summed E-state index contributed by atoms with van der Waals surface area (Å²) in [4.78, 5) is 25.1. The van der Waals surface area contributed by atoms with Crippen LogP contribution in [0.4, 0.5) is 0 Å². The van der Waals surface area contributed by atoms with Gasteiger partial charge in [-0.1, -0.05) is 12.5 Å². The van der Waals surface area contributed by atoms with E-state index in [-0.39, 0.29) is 23.8 Å². The van der Waals surface area contributed by atoms with E-state index < -0.39 is 5.97 Å². The van der Waals surface area contributed by atoms with Crippen LogP contribution in [-0.2, 0) is 14.3 Å². The van der Waals surface area contributed by atoms with Crippen molar-refractivity contribution < 1.29 is 19.4 Å². The molecule has 1 atom stereocenters. The van der Waals surface area contributed by atoms with E-state index in [9.17, 15) is 9.59 Å². The molecular formula is C14H21NO4. The first-order chi connectivity index (χ1) is 9.07. The zero-order chi connectivity index (χ0) is 13.9. The highest BCUT2D eigenvalue weighted by molar-refractivity contribution is 5.84. The Bertz CT molecular complexity index is 376. The Balaban J connectivity index is 1.98. The number of nitrogens with zero attached hydrogens (tertiary/aromatic N) is 1. The summed E-state index contributed by atoms with van der Waals surface area (Å²) >= 11 is 0. The van der Waals surface area contributed by atoms with Crippen molar-refractivity contribution in [3.8, 4) is 0 Å². The van der Waals surface area contributed by atoms with Gasteiger partial charge in [-0.05, 0) is 19.3 Å². The normalized spacial score (nSPS) is 25.5. The number of carboxylic acids is 1. The molecule has 0 spiro atoms. The number of amides is 1. The predicted octanol–water partition coefficient (Wildman–Crippen LogP) is 1.43. The van der Waals surface area contributed by atoms with Crippen molar-refractivity contribution >= 4 is 11.9 Å². The van der Waals surface area contributed by atoms with Crippen molar-refractivity contribution in [2.45, 2.75) is 38.2 Å². The van der Waals surface area contributed by atoms with Gasteiger partial charge in [-0.25, -0.2) is 0 Å². The van der Waals surface area contributed by atoms with E-state index in [0.29, 0.717) is 26.1 Å². The molecule has 1 unspecified atom stereocenters. The minimum atomic E-state index is -0.885. The Morgan fingerprint density at radius 3 is 2.74 bits per heavy atom. The van der Waals surface area contributed by atoms with E-state index in [0.717, 1.165) is 19.3 Å². The summed E-state index contributed by atoms with van der Waals surface area (Å²) in [5, 5.41) is 8.80. The average Bonchev–Trinajstić information content (AvgIpc) is 2.32. The molecule has 2 rings (SSSR count). The van der Waals surface area contributed by atoms with E-state index in [4.69, 9.17) is 9.84 Å². The molecule has 0 aromatic carbocycles. The molecule has 0 bridgehead atoms. The molecule has 0 aromatic rings. The van der Waals surface area contributed by atoms with Gasteiger partial charge in [0.2, 0.25) is 5.91 Å². The van der Waals surface area contributed by atoms with Crippen LogP contribution in [0.15, 0.2) is 12.7 Å². The number of carbonyl (C=O) groups is 2. The summed E-state index contributed by atoms with van der Waals surface area (Å²) in [6.45, 7) is 5.12. The van der Waals surface area contributed by atoms with Crippen LogP contribution in [0.5, 0.6) is 0 Å². The fourth-order valence-electron chi connectivity index (χ4n) is 2.94. The van der Waals surface area contributed by atoms with Crippen molar-refractivity contribution in [1.82, 2.24) is 4.90 Å². The van der Waals surface area contributed by atoms with Gasteiger partial charge in [-0.2, -0.15) is 0 Å². The Morgan fingerprint density at radius 2 is 2.21 bits per heavy atom. The maximum absolute atomic E-state index is 12.6. The Hall–Kier alpha value is -1.36. The maximum Gasteiger partial charge on any atom is 0.306 e. The summed E-state index contributed by atoms with van der Waals surface area (Å²) in [6, 6.07) is 0. The highest BCUT2D eigenvalue weighted by atomic mass is 16.5. The van der Waals surface area contributed by atoms with E-state index in [1.807, 2.05) is 6.08 Å². The van der Waals surface area contributed by atoms with Gasteiger partial charge in [0.15, 0.2) is 0 Å². The molecular weight excluding hydrogens is 246 g/mol. The van der Waals surface area contributed by atoms with Gasteiger partial charge < -0.3 is 14.7 Å². The third-order valence-electron chi connectivity index (χ3n) is 4.13. The van der Waals surface area contributed by atoms with E-state index in [2.05, 4.69) is 6.58 Å². The molecule has 1 aliphatic heterocycles. The zero-order valence-electron chi connectivity index (χ0n) is 11.1. The lowest BCUT2D eigenvalue weighted by atomic mass is 9.65. The molecule has 0 aromatic heterocycles. The summed E-state index contributed by atoms with van der Waals surface area (Å²) in [6.07, 6.45) is 5.02. The summed E-state index contributed by atoms with van der Waals surface area (Å²) < 4.78 is 5.40. The molecule has 1 saturated heterocycles. The van der Waals surface area contributed by atoms with Crippen molar-refractivity contribution in [3.63, 3.8) is 0 Å². The second-order valence-corrected chi connectivity index (χ2v) is 5.47. The van der Waals surface area contributed by atoms with Crippen LogP contribution in [0.3, 0.4) is 0 Å². The van der Waals surface area contributed by atoms with E-state index in [1.54, 1.807) is 4.90 Å². The van der Waals surface area contributed by atoms with Gasteiger partial charge in [0.25, 0.3) is 0 Å². The number of allylic oxidation sites excluding steroid dienone is 1. The summed E-state index contributed by atoms with van der Waals surface area (Å²) in [5.74, 6) is -0.735. The maximum atomic E-state index is 12.6. The molecule has 1 amide bonds. The van der Waals surface area contributed by atoms with Crippen LogP contribution >= 0.6 is 0 Å². The number of hydrogen-bond donors (Lipinski definition) is 1. The van der Waals surface area contributed by atoms with Gasteiger partial charge in [-0.3, -0.25) is 9.59 Å². The largest absolute Gasteiger partial charge is 0.481 e. The molecule has 0 radical (unpaired) electrons. The molecule has 5 nitrogen and oxygen atoms in total. The predicted molar refractivity (Wildman–Crippen MR) is 69.7 cm³/mol. The second-order valence-electron chi connectivity index (χ2n) is 5.47. The number of ether oxygens (including phenoxy) is 1. The highest BCUT2D eigenvalue weighted by Gasteiger charge is 2.45. The monoisotopic (exact) mass is 267 g/mol. The first-order valence-electron chi connectivity index (χ1n) is 6.81. The fraction of sp³-hybridized carbons (Fsp3) is 0.714. The molecule has 19 heavy (non-hydrogen) atoms. The summed E-state index contributed by atoms with van der Waals surface area (Å²) in [7, 11) is 0. The van der Waals surface area contributed by atoms with Crippen molar-refractivity contribution in [2.75, 3.05) is 19.7 Å². The minimum Gasteiger partial charge on any atom is -0.481 e.